The highest BCUT2D eigenvalue weighted by atomic mass is 16.5. The van der Waals surface area contributed by atoms with Gasteiger partial charge in [0.25, 0.3) is 0 Å². The number of nitrogens with zero attached hydrogens (tertiary/aromatic N) is 3. The van der Waals surface area contributed by atoms with E-state index < -0.39 is 0 Å². The first-order valence-electron chi connectivity index (χ1n) is 9.53. The van der Waals surface area contributed by atoms with Crippen LogP contribution < -0.4 is 0 Å². The maximum Gasteiger partial charge on any atom is 0.337 e. The summed E-state index contributed by atoms with van der Waals surface area (Å²) in [4.78, 5) is 18.8. The van der Waals surface area contributed by atoms with Crippen molar-refractivity contribution in [1.82, 2.24) is 14.5 Å². The van der Waals surface area contributed by atoms with Crippen molar-refractivity contribution in [3.8, 4) is 11.5 Å². The number of aryl methyl sites for hydroxylation is 2. The summed E-state index contributed by atoms with van der Waals surface area (Å²) in [6.45, 7) is 9.09. The maximum atomic E-state index is 11.6. The van der Waals surface area contributed by atoms with E-state index in [9.17, 15) is 4.79 Å². The van der Waals surface area contributed by atoms with E-state index in [4.69, 9.17) is 14.1 Å². The number of methoxy groups -OCH3 is 1. The molecule has 0 saturated carbocycles. The number of benzene rings is 1. The number of carbonyl (C=O) groups is 1. The quantitative estimate of drug-likeness (QED) is 0.638. The number of esters is 1. The van der Waals surface area contributed by atoms with Crippen LogP contribution in [0.25, 0.3) is 11.5 Å². The van der Waals surface area contributed by atoms with Crippen molar-refractivity contribution in [3.63, 3.8) is 0 Å². The van der Waals surface area contributed by atoms with E-state index in [1.165, 1.54) is 18.5 Å². The van der Waals surface area contributed by atoms with E-state index in [1.54, 1.807) is 12.1 Å². The van der Waals surface area contributed by atoms with Gasteiger partial charge in [0.2, 0.25) is 5.89 Å². The van der Waals surface area contributed by atoms with Crippen LogP contribution in [0.4, 0.5) is 0 Å². The first-order valence-corrected chi connectivity index (χ1v) is 9.53. The van der Waals surface area contributed by atoms with Gasteiger partial charge in [0.05, 0.1) is 18.4 Å². The number of carbonyl (C=O) groups excluding carboxylic acids is 1. The number of hydrogen-bond donors (Lipinski definition) is 0. The molecule has 0 spiro atoms. The van der Waals surface area contributed by atoms with Crippen molar-refractivity contribution in [3.05, 3.63) is 64.8 Å². The maximum absolute atomic E-state index is 11.6. The van der Waals surface area contributed by atoms with Crippen molar-refractivity contribution in [2.24, 2.45) is 0 Å². The number of ether oxygens (including phenoxy) is 1. The predicted molar refractivity (Wildman–Crippen MR) is 106 cm³/mol. The minimum Gasteiger partial charge on any atom is -0.465 e. The molecule has 1 unspecified atom stereocenters. The molecule has 3 heterocycles. The molecule has 2 aromatic heterocycles. The number of hydrogen-bond acceptors (Lipinski definition) is 5. The van der Waals surface area contributed by atoms with Gasteiger partial charge in [-0.05, 0) is 57.2 Å². The Bertz CT molecular complexity index is 1000. The van der Waals surface area contributed by atoms with E-state index in [1.807, 2.05) is 19.1 Å². The third-order valence-electron chi connectivity index (χ3n) is 5.62. The Balaban J connectivity index is 1.53. The van der Waals surface area contributed by atoms with E-state index >= 15 is 0 Å². The van der Waals surface area contributed by atoms with Crippen LogP contribution in [0.2, 0.25) is 0 Å². The Morgan fingerprint density at radius 2 is 1.93 bits per heavy atom. The SMILES string of the molecule is COC(=O)c1ccc(-c2nc(CN3CCn4c(C)ccc4C3C)c(C)o2)cc1. The summed E-state index contributed by atoms with van der Waals surface area (Å²) in [7, 11) is 1.37. The molecule has 0 radical (unpaired) electrons. The zero-order valence-electron chi connectivity index (χ0n) is 16.7. The summed E-state index contributed by atoms with van der Waals surface area (Å²) in [6.07, 6.45) is 0. The number of fused-ring (bicyclic) bond motifs is 1. The third kappa shape index (κ3) is 3.24. The second-order valence-corrected chi connectivity index (χ2v) is 7.29. The van der Waals surface area contributed by atoms with Crippen molar-refractivity contribution < 1.29 is 13.9 Å². The highest BCUT2D eigenvalue weighted by Gasteiger charge is 2.26. The Morgan fingerprint density at radius 1 is 1.18 bits per heavy atom. The predicted octanol–water partition coefficient (Wildman–Crippen LogP) is 4.12. The van der Waals surface area contributed by atoms with Crippen LogP contribution in [0.1, 0.15) is 46.2 Å². The fraction of sp³-hybridized carbons (Fsp3) is 0.364. The lowest BCUT2D eigenvalue weighted by Gasteiger charge is -2.35. The summed E-state index contributed by atoms with van der Waals surface area (Å²) >= 11 is 0. The Morgan fingerprint density at radius 3 is 2.64 bits per heavy atom. The minimum absolute atomic E-state index is 0.335. The molecule has 6 nitrogen and oxygen atoms in total. The van der Waals surface area contributed by atoms with Crippen molar-refractivity contribution in [2.75, 3.05) is 13.7 Å². The van der Waals surface area contributed by atoms with Gasteiger partial charge in [0, 0.05) is 42.6 Å². The zero-order valence-corrected chi connectivity index (χ0v) is 16.7. The Labute approximate surface area is 164 Å². The molecule has 4 rings (SSSR count). The molecule has 1 atom stereocenters. The monoisotopic (exact) mass is 379 g/mol. The molecule has 1 aliphatic heterocycles. The average molecular weight is 379 g/mol. The van der Waals surface area contributed by atoms with Gasteiger partial charge in [-0.15, -0.1) is 0 Å². The van der Waals surface area contributed by atoms with Gasteiger partial charge in [-0.2, -0.15) is 0 Å². The van der Waals surface area contributed by atoms with Crippen LogP contribution in [0, 0.1) is 13.8 Å². The van der Waals surface area contributed by atoms with Gasteiger partial charge < -0.3 is 13.7 Å². The molecule has 1 aromatic carbocycles. The Kier molecular flexibility index (Phi) is 4.81. The molecule has 6 heteroatoms. The molecule has 0 amide bonds. The lowest BCUT2D eigenvalue weighted by molar-refractivity contribution is 0.0600. The number of aromatic nitrogens is 2. The van der Waals surface area contributed by atoms with Gasteiger partial charge in [-0.3, -0.25) is 4.90 Å². The molecular formula is C22H25N3O3. The largest absolute Gasteiger partial charge is 0.465 e. The van der Waals surface area contributed by atoms with E-state index in [-0.39, 0.29) is 5.97 Å². The standard InChI is InChI=1S/C22H25N3O3/c1-14-5-10-20-15(2)24(11-12-25(14)20)13-19-16(3)28-21(23-19)17-6-8-18(9-7-17)22(26)27-4/h5-10,15H,11-13H2,1-4H3. The fourth-order valence-electron chi connectivity index (χ4n) is 3.84. The molecule has 0 bridgehead atoms. The molecule has 146 valence electrons. The molecular weight excluding hydrogens is 354 g/mol. The first-order chi connectivity index (χ1) is 13.5. The zero-order chi connectivity index (χ0) is 19.8. The molecule has 0 saturated heterocycles. The van der Waals surface area contributed by atoms with Crippen molar-refractivity contribution in [1.29, 1.82) is 0 Å². The number of oxazole rings is 1. The van der Waals surface area contributed by atoms with Crippen LogP contribution in [-0.4, -0.2) is 34.1 Å². The van der Waals surface area contributed by atoms with Crippen LogP contribution in [0.3, 0.4) is 0 Å². The van der Waals surface area contributed by atoms with Crippen LogP contribution in [0.15, 0.2) is 40.8 Å². The van der Waals surface area contributed by atoms with Crippen molar-refractivity contribution >= 4 is 5.97 Å². The van der Waals surface area contributed by atoms with Gasteiger partial charge in [-0.25, -0.2) is 9.78 Å². The fourth-order valence-corrected chi connectivity index (χ4v) is 3.84. The summed E-state index contributed by atoms with van der Waals surface area (Å²) in [6, 6.07) is 11.9. The van der Waals surface area contributed by atoms with Crippen molar-refractivity contribution in [2.45, 2.75) is 39.9 Å². The topological polar surface area (TPSA) is 60.5 Å². The van der Waals surface area contributed by atoms with Gasteiger partial charge in [-0.1, -0.05) is 0 Å². The van der Waals surface area contributed by atoms with E-state index in [0.29, 0.717) is 17.5 Å². The second-order valence-electron chi connectivity index (χ2n) is 7.29. The second kappa shape index (κ2) is 7.28. The van der Waals surface area contributed by atoms with E-state index in [2.05, 4.69) is 35.4 Å². The van der Waals surface area contributed by atoms with Crippen LogP contribution in [-0.2, 0) is 17.8 Å². The molecule has 0 aliphatic carbocycles. The van der Waals surface area contributed by atoms with E-state index in [0.717, 1.165) is 36.7 Å². The first kappa shape index (κ1) is 18.5. The van der Waals surface area contributed by atoms with Gasteiger partial charge in [0.15, 0.2) is 0 Å². The normalized spacial score (nSPS) is 16.8. The summed E-state index contributed by atoms with van der Waals surface area (Å²) in [5.41, 5.74) is 4.98. The van der Waals surface area contributed by atoms with Crippen LogP contribution in [0.5, 0.6) is 0 Å². The molecule has 0 fully saturated rings. The molecule has 0 N–H and O–H groups in total. The Hall–Kier alpha value is -2.86. The highest BCUT2D eigenvalue weighted by Crippen LogP contribution is 2.30. The van der Waals surface area contributed by atoms with Crippen LogP contribution >= 0.6 is 0 Å². The lowest BCUT2D eigenvalue weighted by atomic mass is 10.1. The minimum atomic E-state index is -0.352. The van der Waals surface area contributed by atoms with Gasteiger partial charge in [0.1, 0.15) is 5.76 Å². The highest BCUT2D eigenvalue weighted by molar-refractivity contribution is 5.89. The smallest absolute Gasteiger partial charge is 0.337 e. The molecule has 1 aliphatic rings. The molecule has 3 aromatic rings. The summed E-state index contributed by atoms with van der Waals surface area (Å²) in [5.74, 6) is 1.05. The van der Waals surface area contributed by atoms with Gasteiger partial charge >= 0.3 is 5.97 Å². The number of rotatable bonds is 4. The lowest BCUT2D eigenvalue weighted by Crippen LogP contribution is -2.36. The molecule has 28 heavy (non-hydrogen) atoms. The average Bonchev–Trinajstić information content (AvgIpc) is 3.27. The summed E-state index contributed by atoms with van der Waals surface area (Å²) in [5, 5.41) is 0. The third-order valence-corrected chi connectivity index (χ3v) is 5.62. The summed E-state index contributed by atoms with van der Waals surface area (Å²) < 4.78 is 13.1.